The van der Waals surface area contributed by atoms with Crippen molar-refractivity contribution in [2.45, 2.75) is 64.0 Å². The Morgan fingerprint density at radius 1 is 1.27 bits per heavy atom. The Hall–Kier alpha value is -1.55. The predicted molar refractivity (Wildman–Crippen MR) is 88.1 cm³/mol. The first kappa shape index (κ1) is 15.3. The number of carbonyl (C=O) groups is 1. The molecule has 120 valence electrons. The van der Waals surface area contributed by atoms with Crippen molar-refractivity contribution < 1.29 is 9.90 Å². The van der Waals surface area contributed by atoms with Gasteiger partial charge in [-0.3, -0.25) is 0 Å². The van der Waals surface area contributed by atoms with Crippen LogP contribution in [0, 0.1) is 0 Å². The molecule has 22 heavy (non-hydrogen) atoms. The van der Waals surface area contributed by atoms with E-state index >= 15 is 0 Å². The van der Waals surface area contributed by atoms with E-state index in [1.54, 1.807) is 18.7 Å². The van der Waals surface area contributed by atoms with Gasteiger partial charge in [0.15, 0.2) is 0 Å². The van der Waals surface area contributed by atoms with E-state index in [0.717, 1.165) is 37.9 Å². The molecule has 1 aromatic carbocycles. The number of aryl methyl sites for hydroxylation is 1. The number of hydrogen-bond acceptors (Lipinski definition) is 2. The van der Waals surface area contributed by atoms with Crippen LogP contribution in [0.3, 0.4) is 0 Å². The molecule has 1 aliphatic heterocycles. The van der Waals surface area contributed by atoms with Crippen molar-refractivity contribution in [3.8, 4) is 0 Å². The van der Waals surface area contributed by atoms with Crippen molar-refractivity contribution in [1.82, 2.24) is 4.90 Å². The van der Waals surface area contributed by atoms with Crippen LogP contribution in [0.4, 0.5) is 10.5 Å². The molecule has 0 spiro atoms. The Kier molecular flexibility index (Phi) is 4.13. The molecular weight excluding hydrogens is 276 g/mol. The number of fused-ring (bicyclic) bond motifs is 1. The second-order valence-corrected chi connectivity index (χ2v) is 7.09. The third-order valence-electron chi connectivity index (χ3n) is 4.97. The number of aliphatic hydroxyl groups is 1. The van der Waals surface area contributed by atoms with Crippen LogP contribution in [0.1, 0.15) is 50.7 Å². The molecule has 2 aliphatic rings. The summed E-state index contributed by atoms with van der Waals surface area (Å²) in [7, 11) is 0. The monoisotopic (exact) mass is 302 g/mol. The lowest BCUT2D eigenvalue weighted by Crippen LogP contribution is -2.49. The lowest BCUT2D eigenvalue weighted by Gasteiger charge is -2.34. The van der Waals surface area contributed by atoms with Gasteiger partial charge in [-0.25, -0.2) is 4.79 Å². The van der Waals surface area contributed by atoms with E-state index in [9.17, 15) is 9.90 Å². The fourth-order valence-corrected chi connectivity index (χ4v) is 3.83. The summed E-state index contributed by atoms with van der Waals surface area (Å²) in [6.45, 7) is 4.29. The molecule has 1 aromatic rings. The number of rotatable bonds is 2. The lowest BCUT2D eigenvalue weighted by molar-refractivity contribution is 0.0117. The van der Waals surface area contributed by atoms with Gasteiger partial charge in [-0.1, -0.05) is 12.1 Å². The Morgan fingerprint density at radius 3 is 2.82 bits per heavy atom. The Bertz CT molecular complexity index is 563. The summed E-state index contributed by atoms with van der Waals surface area (Å²) in [6, 6.07) is 6.00. The van der Waals surface area contributed by atoms with Gasteiger partial charge in [0.05, 0.1) is 11.6 Å². The highest BCUT2D eigenvalue weighted by Crippen LogP contribution is 2.30. The van der Waals surface area contributed by atoms with Crippen molar-refractivity contribution in [2.24, 2.45) is 0 Å². The highest BCUT2D eigenvalue weighted by atomic mass is 16.3. The van der Waals surface area contributed by atoms with E-state index in [1.807, 2.05) is 12.1 Å². The SMILES string of the molecule is CC(C)(O)C1CCCN1C(=O)Nc1cccc2c1CCCC2. The average Bonchev–Trinajstić information content (AvgIpc) is 2.97. The van der Waals surface area contributed by atoms with E-state index in [4.69, 9.17) is 0 Å². The van der Waals surface area contributed by atoms with Crippen LogP contribution in [-0.2, 0) is 12.8 Å². The molecule has 0 radical (unpaired) electrons. The summed E-state index contributed by atoms with van der Waals surface area (Å²) in [5, 5.41) is 13.4. The molecule has 1 aliphatic carbocycles. The number of urea groups is 1. The van der Waals surface area contributed by atoms with Gasteiger partial charge in [-0.05, 0) is 69.6 Å². The number of nitrogens with zero attached hydrogens (tertiary/aromatic N) is 1. The number of carbonyl (C=O) groups excluding carboxylic acids is 1. The molecule has 1 unspecified atom stereocenters. The van der Waals surface area contributed by atoms with Crippen molar-refractivity contribution >= 4 is 11.7 Å². The topological polar surface area (TPSA) is 52.6 Å². The second kappa shape index (κ2) is 5.92. The third kappa shape index (κ3) is 2.98. The van der Waals surface area contributed by atoms with E-state index in [-0.39, 0.29) is 12.1 Å². The summed E-state index contributed by atoms with van der Waals surface area (Å²) >= 11 is 0. The van der Waals surface area contributed by atoms with Crippen LogP contribution in [0.25, 0.3) is 0 Å². The van der Waals surface area contributed by atoms with E-state index in [2.05, 4.69) is 11.4 Å². The lowest BCUT2D eigenvalue weighted by atomic mass is 9.90. The molecule has 1 heterocycles. The van der Waals surface area contributed by atoms with E-state index in [1.165, 1.54) is 24.0 Å². The summed E-state index contributed by atoms with van der Waals surface area (Å²) in [6.07, 6.45) is 6.39. The molecule has 3 rings (SSSR count). The second-order valence-electron chi connectivity index (χ2n) is 7.09. The molecule has 0 saturated carbocycles. The largest absolute Gasteiger partial charge is 0.388 e. The van der Waals surface area contributed by atoms with Crippen LogP contribution in [0.2, 0.25) is 0 Å². The number of hydrogen-bond donors (Lipinski definition) is 2. The first-order chi connectivity index (χ1) is 10.5. The fraction of sp³-hybridized carbons (Fsp3) is 0.611. The minimum Gasteiger partial charge on any atom is -0.388 e. The molecule has 2 amide bonds. The van der Waals surface area contributed by atoms with Gasteiger partial charge in [0.2, 0.25) is 0 Å². The zero-order valence-corrected chi connectivity index (χ0v) is 13.6. The van der Waals surface area contributed by atoms with Crippen LogP contribution in [0.15, 0.2) is 18.2 Å². The standard InChI is InChI=1S/C18H26N2O2/c1-18(2,22)16-11-6-12-20(16)17(21)19-15-10-5-8-13-7-3-4-9-14(13)15/h5,8,10,16,22H,3-4,6-7,9,11-12H2,1-2H3,(H,19,21). The summed E-state index contributed by atoms with van der Waals surface area (Å²) in [5.74, 6) is 0. The number of amides is 2. The highest BCUT2D eigenvalue weighted by Gasteiger charge is 2.38. The van der Waals surface area contributed by atoms with Gasteiger partial charge in [-0.2, -0.15) is 0 Å². The molecule has 1 saturated heterocycles. The van der Waals surface area contributed by atoms with Crippen molar-refractivity contribution in [3.05, 3.63) is 29.3 Å². The van der Waals surface area contributed by atoms with E-state index < -0.39 is 5.60 Å². The maximum Gasteiger partial charge on any atom is 0.322 e. The highest BCUT2D eigenvalue weighted by molar-refractivity contribution is 5.91. The van der Waals surface area contributed by atoms with Crippen molar-refractivity contribution in [2.75, 3.05) is 11.9 Å². The van der Waals surface area contributed by atoms with Gasteiger partial charge >= 0.3 is 6.03 Å². The summed E-state index contributed by atoms with van der Waals surface area (Å²) in [4.78, 5) is 14.5. The predicted octanol–water partition coefficient (Wildman–Crippen LogP) is 3.33. The first-order valence-corrected chi connectivity index (χ1v) is 8.37. The summed E-state index contributed by atoms with van der Waals surface area (Å²) in [5.41, 5.74) is 2.75. The zero-order valence-electron chi connectivity index (χ0n) is 13.6. The molecule has 1 fully saturated rings. The van der Waals surface area contributed by atoms with E-state index in [0.29, 0.717) is 0 Å². The number of nitrogens with one attached hydrogen (secondary N) is 1. The third-order valence-corrected chi connectivity index (χ3v) is 4.97. The quantitative estimate of drug-likeness (QED) is 0.880. The smallest absolute Gasteiger partial charge is 0.322 e. The molecule has 1 atom stereocenters. The van der Waals surface area contributed by atoms with Gasteiger partial charge in [-0.15, -0.1) is 0 Å². The number of likely N-dealkylation sites (tertiary alicyclic amines) is 1. The zero-order chi connectivity index (χ0) is 15.7. The van der Waals surface area contributed by atoms with Gasteiger partial charge < -0.3 is 15.3 Å². The molecule has 4 nitrogen and oxygen atoms in total. The minimum atomic E-state index is -0.857. The minimum absolute atomic E-state index is 0.0800. The fourth-order valence-electron chi connectivity index (χ4n) is 3.83. The van der Waals surface area contributed by atoms with Crippen molar-refractivity contribution in [1.29, 1.82) is 0 Å². The molecular formula is C18H26N2O2. The maximum absolute atomic E-state index is 12.7. The Labute approximate surface area is 132 Å². The van der Waals surface area contributed by atoms with Gasteiger partial charge in [0.25, 0.3) is 0 Å². The van der Waals surface area contributed by atoms with Gasteiger partial charge in [0.1, 0.15) is 0 Å². The number of benzene rings is 1. The van der Waals surface area contributed by atoms with Crippen LogP contribution >= 0.6 is 0 Å². The van der Waals surface area contributed by atoms with Crippen molar-refractivity contribution in [3.63, 3.8) is 0 Å². The molecule has 2 N–H and O–H groups in total. The Morgan fingerprint density at radius 2 is 2.05 bits per heavy atom. The Balaban J connectivity index is 1.77. The maximum atomic E-state index is 12.7. The van der Waals surface area contributed by atoms with Gasteiger partial charge in [0, 0.05) is 12.2 Å². The number of anilines is 1. The molecule has 4 heteroatoms. The van der Waals surface area contributed by atoms with Crippen LogP contribution < -0.4 is 5.32 Å². The van der Waals surface area contributed by atoms with Crippen LogP contribution in [-0.4, -0.2) is 34.2 Å². The first-order valence-electron chi connectivity index (χ1n) is 8.37. The molecule has 0 aromatic heterocycles. The summed E-state index contributed by atoms with van der Waals surface area (Å²) < 4.78 is 0. The molecule has 0 bridgehead atoms. The normalized spacial score (nSPS) is 21.6. The average molecular weight is 302 g/mol. The van der Waals surface area contributed by atoms with Crippen LogP contribution in [0.5, 0.6) is 0 Å².